The Kier molecular flexibility index (Phi) is 5.81. The molecule has 0 heterocycles. The molecule has 1 rings (SSSR count). The van der Waals surface area contributed by atoms with Gasteiger partial charge in [-0.05, 0) is 12.5 Å². The molecule has 1 aromatic rings. The van der Waals surface area contributed by atoms with Crippen LogP contribution in [-0.2, 0) is 20.9 Å². The first-order chi connectivity index (χ1) is 8.99. The predicted octanol–water partition coefficient (Wildman–Crippen LogP) is 1.18. The third-order valence-corrected chi connectivity index (χ3v) is 2.27. The van der Waals surface area contributed by atoms with E-state index in [1.807, 2.05) is 30.3 Å². The summed E-state index contributed by atoms with van der Waals surface area (Å²) in [6.45, 7) is 2.78. The van der Waals surface area contributed by atoms with Gasteiger partial charge in [0.05, 0.1) is 0 Å². The summed E-state index contributed by atoms with van der Waals surface area (Å²) < 4.78 is 9.62. The highest BCUT2D eigenvalue weighted by molar-refractivity contribution is 5.68. The lowest BCUT2D eigenvalue weighted by Crippen LogP contribution is -2.43. The first kappa shape index (κ1) is 15.0. The second-order valence-corrected chi connectivity index (χ2v) is 3.97. The van der Waals surface area contributed by atoms with Gasteiger partial charge in [-0.3, -0.25) is 10.1 Å². The second kappa shape index (κ2) is 7.38. The van der Waals surface area contributed by atoms with E-state index < -0.39 is 24.4 Å². The van der Waals surface area contributed by atoms with Gasteiger partial charge in [0.1, 0.15) is 12.7 Å². The predicted molar refractivity (Wildman–Crippen MR) is 67.0 cm³/mol. The fourth-order valence-electron chi connectivity index (χ4n) is 1.33. The molecule has 6 heteroatoms. The zero-order valence-electron chi connectivity index (χ0n) is 10.8. The molecule has 1 amide bonds. The maximum absolute atomic E-state index is 11.4. The minimum Gasteiger partial charge on any atom is -0.458 e. The molecule has 0 aliphatic heterocycles. The molecule has 19 heavy (non-hydrogen) atoms. The minimum atomic E-state index is -1.31. The van der Waals surface area contributed by atoms with Gasteiger partial charge in [-0.25, -0.2) is 4.79 Å². The van der Waals surface area contributed by atoms with Gasteiger partial charge in [0, 0.05) is 6.92 Å². The van der Waals surface area contributed by atoms with Crippen LogP contribution in [0.25, 0.3) is 0 Å². The van der Waals surface area contributed by atoms with Crippen LogP contribution in [-0.4, -0.2) is 29.5 Å². The minimum absolute atomic E-state index is 0.0986. The van der Waals surface area contributed by atoms with Crippen LogP contribution < -0.4 is 5.32 Å². The Morgan fingerprint density at radius 1 is 1.32 bits per heavy atom. The summed E-state index contributed by atoms with van der Waals surface area (Å²) in [5, 5.41) is 11.7. The smallest absolute Gasteiger partial charge is 0.409 e. The summed E-state index contributed by atoms with van der Waals surface area (Å²) in [5.74, 6) is -0.536. The third-order valence-electron chi connectivity index (χ3n) is 2.27. The van der Waals surface area contributed by atoms with Crippen LogP contribution in [0.1, 0.15) is 19.4 Å². The topological polar surface area (TPSA) is 84.9 Å². The van der Waals surface area contributed by atoms with Crippen LogP contribution in [0.15, 0.2) is 30.3 Å². The molecule has 0 radical (unpaired) electrons. The van der Waals surface area contributed by atoms with Crippen LogP contribution >= 0.6 is 0 Å². The number of carbonyl (C=O) groups excluding carboxylic acids is 2. The summed E-state index contributed by atoms with van der Waals surface area (Å²) in [7, 11) is 0. The highest BCUT2D eigenvalue weighted by Gasteiger charge is 2.19. The third kappa shape index (κ3) is 5.87. The molecule has 0 aliphatic rings. The number of rotatable bonds is 5. The van der Waals surface area contributed by atoms with E-state index in [1.165, 1.54) is 13.8 Å². The number of aliphatic hydroxyl groups excluding tert-OH is 1. The molecule has 2 N–H and O–H groups in total. The Hall–Kier alpha value is -2.08. The highest BCUT2D eigenvalue weighted by Crippen LogP contribution is 2.02. The lowest BCUT2D eigenvalue weighted by atomic mass is 10.2. The monoisotopic (exact) mass is 267 g/mol. The van der Waals surface area contributed by atoms with Crippen molar-refractivity contribution in [2.75, 3.05) is 0 Å². The van der Waals surface area contributed by atoms with Crippen LogP contribution in [0.2, 0.25) is 0 Å². The molecule has 0 bridgehead atoms. The molecule has 0 spiro atoms. The fourth-order valence-corrected chi connectivity index (χ4v) is 1.33. The van der Waals surface area contributed by atoms with Crippen molar-refractivity contribution in [2.45, 2.75) is 32.8 Å². The number of hydrogen-bond donors (Lipinski definition) is 2. The van der Waals surface area contributed by atoms with E-state index in [0.29, 0.717) is 0 Å². The van der Waals surface area contributed by atoms with E-state index in [0.717, 1.165) is 5.56 Å². The van der Waals surface area contributed by atoms with Crippen molar-refractivity contribution >= 4 is 12.1 Å². The summed E-state index contributed by atoms with van der Waals surface area (Å²) >= 11 is 0. The van der Waals surface area contributed by atoms with Crippen LogP contribution in [0.4, 0.5) is 4.79 Å². The number of ether oxygens (including phenoxy) is 2. The van der Waals surface area contributed by atoms with E-state index >= 15 is 0 Å². The quantitative estimate of drug-likeness (QED) is 0.618. The van der Waals surface area contributed by atoms with Gasteiger partial charge in [-0.15, -0.1) is 0 Å². The van der Waals surface area contributed by atoms with Gasteiger partial charge in [0.2, 0.25) is 0 Å². The molecule has 1 aromatic carbocycles. The first-order valence-corrected chi connectivity index (χ1v) is 5.81. The van der Waals surface area contributed by atoms with Crippen LogP contribution in [0, 0.1) is 0 Å². The van der Waals surface area contributed by atoms with Gasteiger partial charge in [-0.1, -0.05) is 30.3 Å². The number of aliphatic hydroxyl groups is 1. The second-order valence-electron chi connectivity index (χ2n) is 3.97. The Balaban J connectivity index is 2.32. The van der Waals surface area contributed by atoms with Crippen molar-refractivity contribution in [1.29, 1.82) is 0 Å². The van der Waals surface area contributed by atoms with Crippen LogP contribution in [0.3, 0.4) is 0 Å². The number of alkyl carbamates (subject to hydrolysis) is 1. The average molecular weight is 267 g/mol. The number of benzene rings is 1. The number of amides is 1. The molecule has 0 aliphatic carbocycles. The van der Waals surface area contributed by atoms with E-state index in [2.05, 4.69) is 5.32 Å². The van der Waals surface area contributed by atoms with Crippen molar-refractivity contribution in [2.24, 2.45) is 0 Å². The van der Waals surface area contributed by atoms with E-state index in [1.54, 1.807) is 0 Å². The standard InChI is InChI=1S/C13H17NO5/c1-9(19-10(2)15)12(16)14-13(17)18-8-11-6-4-3-5-7-11/h3-7,9,12,16H,8H2,1-2H3,(H,14,17). The van der Waals surface area contributed by atoms with Gasteiger partial charge in [0.15, 0.2) is 6.23 Å². The SMILES string of the molecule is CC(=O)OC(C)C(O)NC(=O)OCc1ccccc1. The first-order valence-electron chi connectivity index (χ1n) is 5.81. The number of hydrogen-bond acceptors (Lipinski definition) is 5. The molecule has 6 nitrogen and oxygen atoms in total. The number of esters is 1. The summed E-state index contributed by atoms with van der Waals surface area (Å²) in [4.78, 5) is 22.1. The lowest BCUT2D eigenvalue weighted by molar-refractivity contribution is -0.151. The summed E-state index contributed by atoms with van der Waals surface area (Å²) in [6.07, 6.45) is -2.94. The van der Waals surface area contributed by atoms with Gasteiger partial charge < -0.3 is 14.6 Å². The molecule has 0 aromatic heterocycles. The van der Waals surface area contributed by atoms with Crippen molar-refractivity contribution in [3.8, 4) is 0 Å². The zero-order valence-corrected chi connectivity index (χ0v) is 10.8. The number of nitrogens with one attached hydrogen (secondary N) is 1. The molecule has 0 saturated carbocycles. The largest absolute Gasteiger partial charge is 0.458 e. The van der Waals surface area contributed by atoms with Crippen molar-refractivity contribution < 1.29 is 24.2 Å². The maximum atomic E-state index is 11.4. The normalized spacial score (nSPS) is 13.2. The molecule has 2 unspecified atom stereocenters. The van der Waals surface area contributed by atoms with E-state index in [-0.39, 0.29) is 6.61 Å². The van der Waals surface area contributed by atoms with E-state index in [9.17, 15) is 14.7 Å². The molecule has 0 saturated heterocycles. The van der Waals surface area contributed by atoms with Crippen molar-refractivity contribution in [1.82, 2.24) is 5.32 Å². The summed E-state index contributed by atoms with van der Waals surface area (Å²) in [6, 6.07) is 9.13. The van der Waals surface area contributed by atoms with Gasteiger partial charge in [0.25, 0.3) is 0 Å². The molecular formula is C13H17NO5. The van der Waals surface area contributed by atoms with E-state index in [4.69, 9.17) is 9.47 Å². The van der Waals surface area contributed by atoms with Crippen molar-refractivity contribution in [3.05, 3.63) is 35.9 Å². The molecule has 0 fully saturated rings. The van der Waals surface area contributed by atoms with Gasteiger partial charge in [-0.2, -0.15) is 0 Å². The highest BCUT2D eigenvalue weighted by atomic mass is 16.6. The Bertz CT molecular complexity index is 420. The Morgan fingerprint density at radius 3 is 2.53 bits per heavy atom. The van der Waals surface area contributed by atoms with Crippen LogP contribution in [0.5, 0.6) is 0 Å². The average Bonchev–Trinajstić information content (AvgIpc) is 2.36. The lowest BCUT2D eigenvalue weighted by Gasteiger charge is -2.19. The molecular weight excluding hydrogens is 250 g/mol. The maximum Gasteiger partial charge on any atom is 0.409 e. The van der Waals surface area contributed by atoms with Gasteiger partial charge >= 0.3 is 12.1 Å². The zero-order chi connectivity index (χ0) is 14.3. The Labute approximate surface area is 111 Å². The fraction of sp³-hybridized carbons (Fsp3) is 0.385. The number of carbonyl (C=O) groups is 2. The van der Waals surface area contributed by atoms with Crippen molar-refractivity contribution in [3.63, 3.8) is 0 Å². The molecule has 2 atom stereocenters. The molecule has 104 valence electrons. The summed E-state index contributed by atoms with van der Waals surface area (Å²) in [5.41, 5.74) is 0.833. The Morgan fingerprint density at radius 2 is 1.95 bits per heavy atom.